The molecule has 2 aromatic carbocycles. The molecule has 26 heavy (non-hydrogen) atoms. The topological polar surface area (TPSA) is 30.9 Å². The normalized spacial score (nSPS) is 18.0. The van der Waals surface area contributed by atoms with Gasteiger partial charge in [0.05, 0.1) is 7.11 Å². The first-order valence-corrected chi connectivity index (χ1v) is 9.47. The lowest BCUT2D eigenvalue weighted by Crippen LogP contribution is -2.28. The summed E-state index contributed by atoms with van der Waals surface area (Å²) in [6.45, 7) is 2.46. The maximum atomic E-state index is 5.57. The van der Waals surface area contributed by atoms with Crippen LogP contribution in [0.25, 0.3) is 0 Å². The average molecular weight is 353 g/mol. The highest BCUT2D eigenvalue weighted by Crippen LogP contribution is 2.37. The minimum absolute atomic E-state index is 0.337. The second-order valence-electron chi connectivity index (χ2n) is 7.32. The first kappa shape index (κ1) is 17.2. The van der Waals surface area contributed by atoms with E-state index in [1.54, 1.807) is 7.11 Å². The highest BCUT2D eigenvalue weighted by Gasteiger charge is 2.23. The van der Waals surface area contributed by atoms with Crippen LogP contribution in [0.3, 0.4) is 0 Å². The predicted molar refractivity (Wildman–Crippen MR) is 102 cm³/mol. The van der Waals surface area contributed by atoms with Gasteiger partial charge in [0.15, 0.2) is 11.5 Å². The lowest BCUT2D eigenvalue weighted by atomic mass is 9.82. The molecule has 0 radical (unpaired) electrons. The first-order chi connectivity index (χ1) is 12.7. The number of benzene rings is 2. The third-order valence-electron chi connectivity index (χ3n) is 5.56. The zero-order chi connectivity index (χ0) is 17.9. The Morgan fingerprint density at radius 2 is 2.04 bits per heavy atom. The molecule has 1 atom stereocenters. The van der Waals surface area contributed by atoms with Crippen LogP contribution in [0, 0.1) is 0 Å². The van der Waals surface area contributed by atoms with E-state index in [4.69, 9.17) is 14.2 Å². The van der Waals surface area contributed by atoms with E-state index in [1.165, 1.54) is 29.5 Å². The van der Waals surface area contributed by atoms with Gasteiger partial charge in [-0.05, 0) is 73.5 Å². The number of nitrogens with zero attached hydrogens (tertiary/aromatic N) is 1. The summed E-state index contributed by atoms with van der Waals surface area (Å²) in [5.74, 6) is 3.37. The van der Waals surface area contributed by atoms with Crippen LogP contribution < -0.4 is 14.2 Å². The summed E-state index contributed by atoms with van der Waals surface area (Å²) in [6.07, 6.45) is 4.66. The smallest absolute Gasteiger partial charge is 0.231 e. The van der Waals surface area contributed by atoms with Gasteiger partial charge in [-0.2, -0.15) is 0 Å². The summed E-state index contributed by atoms with van der Waals surface area (Å²) in [6, 6.07) is 12.8. The van der Waals surface area contributed by atoms with Crippen molar-refractivity contribution in [2.45, 2.75) is 31.6 Å². The molecule has 0 fully saturated rings. The molecule has 0 amide bonds. The molecule has 2 aliphatic rings. The quantitative estimate of drug-likeness (QED) is 0.785. The molecule has 1 aliphatic heterocycles. The van der Waals surface area contributed by atoms with Crippen molar-refractivity contribution in [1.29, 1.82) is 0 Å². The molecule has 2 aromatic rings. The van der Waals surface area contributed by atoms with Crippen molar-refractivity contribution in [2.24, 2.45) is 0 Å². The summed E-state index contributed by atoms with van der Waals surface area (Å²) in [7, 11) is 4.00. The number of methoxy groups -OCH3 is 1. The van der Waals surface area contributed by atoms with Crippen LogP contribution in [0.2, 0.25) is 0 Å². The zero-order valence-corrected chi connectivity index (χ0v) is 15.7. The summed E-state index contributed by atoms with van der Waals surface area (Å²) in [5.41, 5.74) is 4.19. The number of hydrogen-bond acceptors (Lipinski definition) is 4. The van der Waals surface area contributed by atoms with Gasteiger partial charge in [-0.1, -0.05) is 18.2 Å². The highest BCUT2D eigenvalue weighted by molar-refractivity contribution is 5.45. The lowest BCUT2D eigenvalue weighted by molar-refractivity contribution is 0.174. The van der Waals surface area contributed by atoms with Gasteiger partial charge in [-0.25, -0.2) is 0 Å². The van der Waals surface area contributed by atoms with E-state index in [0.717, 1.165) is 43.2 Å². The Hall–Kier alpha value is -2.20. The van der Waals surface area contributed by atoms with Crippen LogP contribution in [0.15, 0.2) is 36.4 Å². The van der Waals surface area contributed by atoms with Gasteiger partial charge in [-0.3, -0.25) is 0 Å². The van der Waals surface area contributed by atoms with Crippen LogP contribution in [-0.2, 0) is 12.8 Å². The van der Waals surface area contributed by atoms with Crippen molar-refractivity contribution >= 4 is 0 Å². The van der Waals surface area contributed by atoms with Gasteiger partial charge >= 0.3 is 0 Å². The maximum Gasteiger partial charge on any atom is 0.231 e. The molecule has 1 aliphatic carbocycles. The number of likely N-dealkylation sites (N-methyl/N-ethyl adjacent to an activating group) is 1. The van der Waals surface area contributed by atoms with Crippen LogP contribution in [-0.4, -0.2) is 38.9 Å². The van der Waals surface area contributed by atoms with Crippen molar-refractivity contribution < 1.29 is 14.2 Å². The molecule has 1 heterocycles. The van der Waals surface area contributed by atoms with Crippen molar-refractivity contribution in [3.63, 3.8) is 0 Å². The Labute approximate surface area is 155 Å². The van der Waals surface area contributed by atoms with E-state index in [1.807, 2.05) is 6.07 Å². The van der Waals surface area contributed by atoms with Crippen molar-refractivity contribution in [3.05, 3.63) is 53.1 Å². The second kappa shape index (κ2) is 7.58. The van der Waals surface area contributed by atoms with Crippen LogP contribution in [0.5, 0.6) is 17.2 Å². The Morgan fingerprint density at radius 1 is 1.15 bits per heavy atom. The molecule has 4 rings (SSSR count). The largest absolute Gasteiger partial charge is 0.496 e. The van der Waals surface area contributed by atoms with Gasteiger partial charge in [0.2, 0.25) is 6.79 Å². The number of hydrogen-bond donors (Lipinski definition) is 0. The van der Waals surface area contributed by atoms with Gasteiger partial charge in [0.25, 0.3) is 0 Å². The fraction of sp³-hybridized carbons (Fsp3) is 0.455. The van der Waals surface area contributed by atoms with Crippen molar-refractivity contribution in [3.8, 4) is 17.2 Å². The fourth-order valence-electron chi connectivity index (χ4n) is 4.18. The molecule has 0 bridgehead atoms. The third kappa shape index (κ3) is 3.51. The molecule has 138 valence electrons. The first-order valence-electron chi connectivity index (χ1n) is 9.47. The standard InChI is InChI=1S/C22H27NO3/c1-23(12-11-16-9-10-21-22(13-16)26-15-25-21)14-17-5-3-7-19-18(17)6-4-8-20(19)24-2/h4,6,8-10,13,17H,3,5,7,11-12,14-15H2,1-2H3/t17-/m1/s1. The molecule has 4 heteroatoms. The van der Waals surface area contributed by atoms with E-state index < -0.39 is 0 Å². The molecule has 0 N–H and O–H groups in total. The minimum atomic E-state index is 0.337. The van der Waals surface area contributed by atoms with E-state index in [9.17, 15) is 0 Å². The van der Waals surface area contributed by atoms with E-state index in [0.29, 0.717) is 12.7 Å². The number of ether oxygens (including phenoxy) is 3. The average Bonchev–Trinajstić information content (AvgIpc) is 3.14. The minimum Gasteiger partial charge on any atom is -0.496 e. The van der Waals surface area contributed by atoms with Gasteiger partial charge in [-0.15, -0.1) is 0 Å². The van der Waals surface area contributed by atoms with Crippen LogP contribution in [0.4, 0.5) is 0 Å². The Bertz CT molecular complexity index is 774. The number of fused-ring (bicyclic) bond motifs is 2. The molecule has 0 saturated carbocycles. The van der Waals surface area contributed by atoms with E-state index >= 15 is 0 Å². The SMILES string of the molecule is COc1cccc2c1CCC[C@@H]2CN(C)CCc1ccc2c(c1)OCO2. The van der Waals surface area contributed by atoms with E-state index in [2.05, 4.69) is 42.3 Å². The van der Waals surface area contributed by atoms with Crippen molar-refractivity contribution in [2.75, 3.05) is 34.0 Å². The molecule has 0 aromatic heterocycles. The van der Waals surface area contributed by atoms with Gasteiger partial charge in [0.1, 0.15) is 5.75 Å². The van der Waals surface area contributed by atoms with Crippen molar-refractivity contribution in [1.82, 2.24) is 4.90 Å². The molecule has 4 nitrogen and oxygen atoms in total. The zero-order valence-electron chi connectivity index (χ0n) is 15.7. The highest BCUT2D eigenvalue weighted by atomic mass is 16.7. The molecule has 0 spiro atoms. The monoisotopic (exact) mass is 353 g/mol. The summed E-state index contributed by atoms with van der Waals surface area (Å²) >= 11 is 0. The summed E-state index contributed by atoms with van der Waals surface area (Å²) in [4.78, 5) is 2.45. The second-order valence-corrected chi connectivity index (χ2v) is 7.32. The van der Waals surface area contributed by atoms with Crippen LogP contribution >= 0.6 is 0 Å². The lowest BCUT2D eigenvalue weighted by Gasteiger charge is -2.30. The third-order valence-corrected chi connectivity index (χ3v) is 5.56. The summed E-state index contributed by atoms with van der Waals surface area (Å²) < 4.78 is 16.4. The molecule has 0 unspecified atom stereocenters. The molecule has 0 saturated heterocycles. The van der Waals surface area contributed by atoms with Gasteiger partial charge < -0.3 is 19.1 Å². The Morgan fingerprint density at radius 3 is 2.92 bits per heavy atom. The molecular formula is C22H27NO3. The predicted octanol–water partition coefficient (Wildman–Crippen LogP) is 4.02. The summed E-state index contributed by atoms with van der Waals surface area (Å²) in [5, 5.41) is 0. The van der Waals surface area contributed by atoms with E-state index in [-0.39, 0.29) is 0 Å². The fourth-order valence-corrected chi connectivity index (χ4v) is 4.18. The van der Waals surface area contributed by atoms with Gasteiger partial charge in [0, 0.05) is 13.1 Å². The molecular weight excluding hydrogens is 326 g/mol. The number of rotatable bonds is 6. The maximum absolute atomic E-state index is 5.57. The van der Waals surface area contributed by atoms with Crippen LogP contribution in [0.1, 0.15) is 35.4 Å². The Balaban J connectivity index is 1.38. The Kier molecular flexibility index (Phi) is 5.02.